The van der Waals surface area contributed by atoms with Crippen LogP contribution in [-0.2, 0) is 0 Å². The van der Waals surface area contributed by atoms with Gasteiger partial charge in [-0.05, 0) is 26.7 Å². The molecular formula is C12H21N3. The van der Waals surface area contributed by atoms with Gasteiger partial charge in [0.15, 0.2) is 0 Å². The SMILES string of the molecule is CCNc1nc(C)cn1C1CCCCC1. The van der Waals surface area contributed by atoms with Gasteiger partial charge in [0.05, 0.1) is 5.69 Å². The van der Waals surface area contributed by atoms with Crippen LogP contribution in [-0.4, -0.2) is 16.1 Å². The molecule has 0 bridgehead atoms. The van der Waals surface area contributed by atoms with Crippen molar-refractivity contribution in [2.24, 2.45) is 0 Å². The Balaban J connectivity index is 2.17. The lowest BCUT2D eigenvalue weighted by molar-refractivity contribution is 0.356. The number of hydrogen-bond acceptors (Lipinski definition) is 2. The molecule has 3 nitrogen and oxygen atoms in total. The smallest absolute Gasteiger partial charge is 0.203 e. The lowest BCUT2D eigenvalue weighted by Crippen LogP contribution is -2.15. The Labute approximate surface area is 91.9 Å². The van der Waals surface area contributed by atoms with Crippen molar-refractivity contribution < 1.29 is 0 Å². The Kier molecular flexibility index (Phi) is 3.29. The molecule has 15 heavy (non-hydrogen) atoms. The number of nitrogens with one attached hydrogen (secondary N) is 1. The average molecular weight is 207 g/mol. The minimum absolute atomic E-state index is 0.675. The van der Waals surface area contributed by atoms with E-state index in [1.54, 1.807) is 0 Å². The van der Waals surface area contributed by atoms with Crippen LogP contribution >= 0.6 is 0 Å². The van der Waals surface area contributed by atoms with E-state index in [0.29, 0.717) is 6.04 Å². The first-order chi connectivity index (χ1) is 7.31. The molecule has 0 unspecified atom stereocenters. The monoisotopic (exact) mass is 207 g/mol. The molecule has 1 aromatic rings. The summed E-state index contributed by atoms with van der Waals surface area (Å²) in [5, 5.41) is 3.35. The summed E-state index contributed by atoms with van der Waals surface area (Å²) in [5.74, 6) is 1.06. The fourth-order valence-corrected chi connectivity index (χ4v) is 2.44. The van der Waals surface area contributed by atoms with Crippen molar-refractivity contribution >= 4 is 5.95 Å². The van der Waals surface area contributed by atoms with Crippen LogP contribution in [0.15, 0.2) is 6.20 Å². The topological polar surface area (TPSA) is 29.9 Å². The molecule has 1 fully saturated rings. The van der Waals surface area contributed by atoms with Gasteiger partial charge in [0.2, 0.25) is 5.95 Å². The first kappa shape index (κ1) is 10.5. The molecule has 0 saturated heterocycles. The summed E-state index contributed by atoms with van der Waals surface area (Å²) in [7, 11) is 0. The minimum Gasteiger partial charge on any atom is -0.356 e. The summed E-state index contributed by atoms with van der Waals surface area (Å²) in [6.07, 6.45) is 8.96. The summed E-state index contributed by atoms with van der Waals surface area (Å²) in [4.78, 5) is 4.53. The van der Waals surface area contributed by atoms with Crippen molar-refractivity contribution in [3.63, 3.8) is 0 Å². The van der Waals surface area contributed by atoms with Gasteiger partial charge in [-0.3, -0.25) is 0 Å². The second-order valence-corrected chi connectivity index (χ2v) is 4.44. The number of nitrogens with zero attached hydrogens (tertiary/aromatic N) is 2. The molecule has 1 aliphatic carbocycles. The maximum atomic E-state index is 4.53. The maximum Gasteiger partial charge on any atom is 0.203 e. The molecule has 0 atom stereocenters. The zero-order valence-corrected chi connectivity index (χ0v) is 9.79. The Morgan fingerprint density at radius 2 is 2.13 bits per heavy atom. The number of anilines is 1. The normalized spacial score (nSPS) is 18.0. The van der Waals surface area contributed by atoms with E-state index in [2.05, 4.69) is 34.9 Å². The first-order valence-electron chi connectivity index (χ1n) is 6.10. The quantitative estimate of drug-likeness (QED) is 0.825. The van der Waals surface area contributed by atoms with Crippen molar-refractivity contribution in [3.05, 3.63) is 11.9 Å². The Hall–Kier alpha value is -0.990. The molecule has 1 heterocycles. The van der Waals surface area contributed by atoms with E-state index < -0.39 is 0 Å². The van der Waals surface area contributed by atoms with Crippen LogP contribution in [0.5, 0.6) is 0 Å². The van der Waals surface area contributed by atoms with E-state index in [1.807, 2.05) is 0 Å². The lowest BCUT2D eigenvalue weighted by atomic mass is 9.95. The summed E-state index contributed by atoms with van der Waals surface area (Å²) in [6.45, 7) is 5.14. The van der Waals surface area contributed by atoms with E-state index in [4.69, 9.17) is 0 Å². The molecule has 3 heteroatoms. The van der Waals surface area contributed by atoms with Gasteiger partial charge in [-0.15, -0.1) is 0 Å². The van der Waals surface area contributed by atoms with Crippen molar-refractivity contribution in [3.8, 4) is 0 Å². The molecule has 1 aromatic heterocycles. The van der Waals surface area contributed by atoms with Crippen LogP contribution in [0.3, 0.4) is 0 Å². The van der Waals surface area contributed by atoms with Gasteiger partial charge in [0.1, 0.15) is 0 Å². The molecular weight excluding hydrogens is 186 g/mol. The van der Waals surface area contributed by atoms with Gasteiger partial charge in [0.25, 0.3) is 0 Å². The van der Waals surface area contributed by atoms with E-state index in [9.17, 15) is 0 Å². The molecule has 0 spiro atoms. The van der Waals surface area contributed by atoms with Crippen LogP contribution in [0.25, 0.3) is 0 Å². The molecule has 84 valence electrons. The lowest BCUT2D eigenvalue weighted by Gasteiger charge is -2.24. The predicted molar refractivity (Wildman–Crippen MR) is 63.2 cm³/mol. The summed E-state index contributed by atoms with van der Waals surface area (Å²) < 4.78 is 2.35. The third kappa shape index (κ3) is 2.33. The molecule has 0 amide bonds. The summed E-state index contributed by atoms with van der Waals surface area (Å²) >= 11 is 0. The van der Waals surface area contributed by atoms with E-state index in [0.717, 1.165) is 18.2 Å². The van der Waals surface area contributed by atoms with E-state index in [1.165, 1.54) is 32.1 Å². The molecule has 2 rings (SSSR count). The van der Waals surface area contributed by atoms with Crippen molar-refractivity contribution in [2.75, 3.05) is 11.9 Å². The van der Waals surface area contributed by atoms with Gasteiger partial charge in [-0.25, -0.2) is 4.98 Å². The Bertz CT molecular complexity index is 311. The fraction of sp³-hybridized carbons (Fsp3) is 0.750. The first-order valence-corrected chi connectivity index (χ1v) is 6.10. The molecule has 1 N–H and O–H groups in total. The molecule has 0 aliphatic heterocycles. The summed E-state index contributed by atoms with van der Waals surface area (Å²) in [5.41, 5.74) is 1.12. The van der Waals surface area contributed by atoms with Gasteiger partial charge >= 0.3 is 0 Å². The fourth-order valence-electron chi connectivity index (χ4n) is 2.44. The van der Waals surface area contributed by atoms with Crippen molar-refractivity contribution in [1.82, 2.24) is 9.55 Å². The summed E-state index contributed by atoms with van der Waals surface area (Å²) in [6, 6.07) is 0.675. The zero-order valence-electron chi connectivity index (χ0n) is 9.79. The maximum absolute atomic E-state index is 4.53. The standard InChI is InChI=1S/C12H21N3/c1-3-13-12-14-10(2)9-15(12)11-7-5-4-6-8-11/h9,11H,3-8H2,1-2H3,(H,13,14). The van der Waals surface area contributed by atoms with Crippen LogP contribution in [0.2, 0.25) is 0 Å². The minimum atomic E-state index is 0.675. The molecule has 1 saturated carbocycles. The molecule has 0 aromatic carbocycles. The zero-order chi connectivity index (χ0) is 10.7. The number of imidazole rings is 1. The van der Waals surface area contributed by atoms with Crippen molar-refractivity contribution in [2.45, 2.75) is 52.0 Å². The van der Waals surface area contributed by atoms with Crippen LogP contribution in [0, 0.1) is 6.92 Å². The number of hydrogen-bond donors (Lipinski definition) is 1. The Morgan fingerprint density at radius 1 is 1.40 bits per heavy atom. The van der Waals surface area contributed by atoms with Gasteiger partial charge in [-0.2, -0.15) is 0 Å². The second kappa shape index (κ2) is 4.69. The molecule has 0 radical (unpaired) electrons. The van der Waals surface area contributed by atoms with Gasteiger partial charge in [-0.1, -0.05) is 19.3 Å². The number of aryl methyl sites for hydroxylation is 1. The largest absolute Gasteiger partial charge is 0.356 e. The van der Waals surface area contributed by atoms with Crippen LogP contribution in [0.4, 0.5) is 5.95 Å². The highest BCUT2D eigenvalue weighted by molar-refractivity contribution is 5.29. The third-order valence-corrected chi connectivity index (χ3v) is 3.16. The third-order valence-electron chi connectivity index (χ3n) is 3.16. The highest BCUT2D eigenvalue weighted by Crippen LogP contribution is 2.30. The van der Waals surface area contributed by atoms with Gasteiger partial charge < -0.3 is 9.88 Å². The van der Waals surface area contributed by atoms with Crippen LogP contribution in [0.1, 0.15) is 50.8 Å². The van der Waals surface area contributed by atoms with Gasteiger partial charge in [0, 0.05) is 18.8 Å². The predicted octanol–water partition coefficient (Wildman–Crippen LogP) is 3.13. The van der Waals surface area contributed by atoms with Crippen LogP contribution < -0.4 is 5.32 Å². The second-order valence-electron chi connectivity index (χ2n) is 4.44. The number of aromatic nitrogens is 2. The highest BCUT2D eigenvalue weighted by Gasteiger charge is 2.18. The van der Waals surface area contributed by atoms with E-state index >= 15 is 0 Å². The van der Waals surface area contributed by atoms with Crippen molar-refractivity contribution in [1.29, 1.82) is 0 Å². The number of rotatable bonds is 3. The average Bonchev–Trinajstić information content (AvgIpc) is 2.62. The Morgan fingerprint density at radius 3 is 2.80 bits per heavy atom. The molecule has 1 aliphatic rings. The highest BCUT2D eigenvalue weighted by atomic mass is 15.2. The van der Waals surface area contributed by atoms with E-state index in [-0.39, 0.29) is 0 Å².